The molecule has 1 atom stereocenters. The van der Waals surface area contributed by atoms with Crippen molar-refractivity contribution in [1.29, 1.82) is 0 Å². The highest BCUT2D eigenvalue weighted by Gasteiger charge is 2.09. The van der Waals surface area contributed by atoms with Gasteiger partial charge in [0, 0.05) is 5.92 Å². The van der Waals surface area contributed by atoms with Crippen molar-refractivity contribution >= 4 is 12.3 Å². The summed E-state index contributed by atoms with van der Waals surface area (Å²) in [7, 11) is 0. The highest BCUT2D eigenvalue weighted by Crippen LogP contribution is 2.01. The van der Waals surface area contributed by atoms with Gasteiger partial charge < -0.3 is 9.53 Å². The second-order valence-corrected chi connectivity index (χ2v) is 2.04. The van der Waals surface area contributed by atoms with Crippen molar-refractivity contribution in [1.82, 2.24) is 0 Å². The van der Waals surface area contributed by atoms with Crippen LogP contribution < -0.4 is 0 Å². The number of carbonyl (C=O) groups is 2. The molecule has 0 saturated carbocycles. The van der Waals surface area contributed by atoms with Gasteiger partial charge >= 0.3 is 5.97 Å². The van der Waals surface area contributed by atoms with Crippen LogP contribution in [0.25, 0.3) is 0 Å². The standard InChI is InChI=1S/C8H12O3/c1-3-7(6-9)5-8(10)11-4-2/h3,6-7H,1,4-5H2,2H3. The van der Waals surface area contributed by atoms with Crippen molar-refractivity contribution in [3.63, 3.8) is 0 Å². The van der Waals surface area contributed by atoms with E-state index in [4.69, 9.17) is 0 Å². The van der Waals surface area contributed by atoms with Gasteiger partial charge in [0.05, 0.1) is 13.0 Å². The number of carbonyl (C=O) groups excluding carboxylic acids is 2. The van der Waals surface area contributed by atoms with Gasteiger partial charge in [0.2, 0.25) is 0 Å². The molecule has 0 radical (unpaired) electrons. The maximum absolute atomic E-state index is 10.7. The SMILES string of the molecule is C=CC(C=O)CC(=O)OCC. The molecule has 0 saturated heterocycles. The average Bonchev–Trinajstić information content (AvgIpc) is 2.01. The fraction of sp³-hybridized carbons (Fsp3) is 0.500. The van der Waals surface area contributed by atoms with Gasteiger partial charge in [0.25, 0.3) is 0 Å². The molecule has 0 heterocycles. The third kappa shape index (κ3) is 4.31. The van der Waals surface area contributed by atoms with Crippen molar-refractivity contribution in [3.8, 4) is 0 Å². The number of ether oxygens (including phenoxy) is 1. The second-order valence-electron chi connectivity index (χ2n) is 2.04. The number of hydrogen-bond donors (Lipinski definition) is 0. The van der Waals surface area contributed by atoms with E-state index in [0.717, 1.165) is 0 Å². The van der Waals surface area contributed by atoms with Crippen molar-refractivity contribution in [2.45, 2.75) is 13.3 Å². The molecule has 0 fully saturated rings. The first kappa shape index (κ1) is 9.88. The third-order valence-electron chi connectivity index (χ3n) is 1.19. The zero-order valence-corrected chi connectivity index (χ0v) is 6.58. The van der Waals surface area contributed by atoms with E-state index < -0.39 is 5.92 Å². The van der Waals surface area contributed by atoms with Crippen LogP contribution in [0, 0.1) is 5.92 Å². The van der Waals surface area contributed by atoms with Crippen LogP contribution in [0.1, 0.15) is 13.3 Å². The first-order valence-electron chi connectivity index (χ1n) is 3.48. The maximum atomic E-state index is 10.7. The smallest absolute Gasteiger partial charge is 0.306 e. The van der Waals surface area contributed by atoms with Crippen LogP contribution in [-0.2, 0) is 14.3 Å². The van der Waals surface area contributed by atoms with Gasteiger partial charge in [0.1, 0.15) is 6.29 Å². The van der Waals surface area contributed by atoms with Gasteiger partial charge in [-0.05, 0) is 6.92 Å². The Balaban J connectivity index is 3.71. The number of allylic oxidation sites excluding steroid dienone is 1. The molecule has 0 rings (SSSR count). The number of esters is 1. The zero-order valence-electron chi connectivity index (χ0n) is 6.58. The number of rotatable bonds is 5. The average molecular weight is 156 g/mol. The molecule has 0 aliphatic rings. The molecule has 0 bridgehead atoms. The fourth-order valence-electron chi connectivity index (χ4n) is 0.599. The molecule has 0 aromatic carbocycles. The van der Waals surface area contributed by atoms with Crippen molar-refractivity contribution in [3.05, 3.63) is 12.7 Å². The van der Waals surface area contributed by atoms with Gasteiger partial charge in [-0.3, -0.25) is 4.79 Å². The van der Waals surface area contributed by atoms with Crippen LogP contribution in [0.2, 0.25) is 0 Å². The summed E-state index contributed by atoms with van der Waals surface area (Å²) in [6.07, 6.45) is 2.22. The molecule has 0 aromatic rings. The topological polar surface area (TPSA) is 43.4 Å². The Morgan fingerprint density at radius 2 is 2.36 bits per heavy atom. The number of hydrogen-bond acceptors (Lipinski definition) is 3. The minimum atomic E-state index is -0.408. The summed E-state index contributed by atoms with van der Waals surface area (Å²) in [6.45, 7) is 5.48. The lowest BCUT2D eigenvalue weighted by Crippen LogP contribution is -2.10. The van der Waals surface area contributed by atoms with Crippen LogP contribution in [0.3, 0.4) is 0 Å². The summed E-state index contributed by atoms with van der Waals surface area (Å²) < 4.78 is 4.63. The highest BCUT2D eigenvalue weighted by molar-refractivity contribution is 5.74. The molecule has 1 unspecified atom stereocenters. The largest absolute Gasteiger partial charge is 0.466 e. The van der Waals surface area contributed by atoms with E-state index in [0.29, 0.717) is 12.9 Å². The Hall–Kier alpha value is -1.12. The summed E-state index contributed by atoms with van der Waals surface area (Å²) in [6, 6.07) is 0. The van der Waals surface area contributed by atoms with Crippen molar-refractivity contribution in [2.75, 3.05) is 6.61 Å². The van der Waals surface area contributed by atoms with Crippen molar-refractivity contribution < 1.29 is 14.3 Å². The van der Waals surface area contributed by atoms with E-state index >= 15 is 0 Å². The predicted octanol–water partition coefficient (Wildman–Crippen LogP) is 0.941. The lowest BCUT2D eigenvalue weighted by molar-refractivity contribution is -0.144. The molecule has 0 aliphatic carbocycles. The molecular formula is C8H12O3. The summed E-state index contributed by atoms with van der Waals surface area (Å²) in [4.78, 5) is 20.9. The van der Waals surface area contributed by atoms with E-state index in [2.05, 4.69) is 11.3 Å². The van der Waals surface area contributed by atoms with Crippen LogP contribution >= 0.6 is 0 Å². The van der Waals surface area contributed by atoms with Crippen LogP contribution in [0.15, 0.2) is 12.7 Å². The van der Waals surface area contributed by atoms with Crippen LogP contribution in [0.4, 0.5) is 0 Å². The summed E-state index contributed by atoms with van der Waals surface area (Å²) in [5, 5.41) is 0. The van der Waals surface area contributed by atoms with Gasteiger partial charge in [-0.1, -0.05) is 6.08 Å². The normalized spacial score (nSPS) is 11.7. The van der Waals surface area contributed by atoms with E-state index in [1.165, 1.54) is 6.08 Å². The maximum Gasteiger partial charge on any atom is 0.306 e. The molecule has 11 heavy (non-hydrogen) atoms. The second kappa shape index (κ2) is 5.65. The molecule has 0 aliphatic heterocycles. The first-order valence-corrected chi connectivity index (χ1v) is 3.48. The van der Waals surface area contributed by atoms with Gasteiger partial charge in [0.15, 0.2) is 0 Å². The molecule has 3 heteroatoms. The first-order chi connectivity index (χ1) is 5.24. The summed E-state index contributed by atoms with van der Waals surface area (Å²) >= 11 is 0. The lowest BCUT2D eigenvalue weighted by Gasteiger charge is -2.02. The monoisotopic (exact) mass is 156 g/mol. The zero-order chi connectivity index (χ0) is 8.69. The van der Waals surface area contributed by atoms with E-state index in [9.17, 15) is 9.59 Å². The minimum absolute atomic E-state index is 0.0981. The molecular weight excluding hydrogens is 144 g/mol. The molecule has 0 amide bonds. The van der Waals surface area contributed by atoms with E-state index in [-0.39, 0.29) is 12.4 Å². The highest BCUT2D eigenvalue weighted by atomic mass is 16.5. The van der Waals surface area contributed by atoms with Crippen molar-refractivity contribution in [2.24, 2.45) is 5.92 Å². The Labute approximate surface area is 66.0 Å². The third-order valence-corrected chi connectivity index (χ3v) is 1.19. The molecule has 0 N–H and O–H groups in total. The quantitative estimate of drug-likeness (QED) is 0.338. The summed E-state index contributed by atoms with van der Waals surface area (Å²) in [5.74, 6) is -0.765. The van der Waals surface area contributed by atoms with E-state index in [1.54, 1.807) is 6.92 Å². The number of aldehydes is 1. The van der Waals surface area contributed by atoms with Gasteiger partial charge in [-0.15, -0.1) is 6.58 Å². The Morgan fingerprint density at radius 3 is 2.73 bits per heavy atom. The molecule has 62 valence electrons. The Kier molecular flexibility index (Phi) is 5.07. The fourth-order valence-corrected chi connectivity index (χ4v) is 0.599. The van der Waals surface area contributed by atoms with Crippen LogP contribution in [-0.4, -0.2) is 18.9 Å². The lowest BCUT2D eigenvalue weighted by atomic mass is 10.1. The molecule has 0 spiro atoms. The summed E-state index contributed by atoms with van der Waals surface area (Å²) in [5.41, 5.74) is 0. The van der Waals surface area contributed by atoms with E-state index in [1.807, 2.05) is 0 Å². The minimum Gasteiger partial charge on any atom is -0.466 e. The van der Waals surface area contributed by atoms with Gasteiger partial charge in [-0.2, -0.15) is 0 Å². The van der Waals surface area contributed by atoms with Gasteiger partial charge in [-0.25, -0.2) is 0 Å². The Morgan fingerprint density at radius 1 is 1.73 bits per heavy atom. The molecule has 0 aromatic heterocycles. The van der Waals surface area contributed by atoms with Crippen LogP contribution in [0.5, 0.6) is 0 Å². The predicted molar refractivity (Wildman–Crippen MR) is 41.0 cm³/mol. The molecule has 3 nitrogen and oxygen atoms in total. The Bertz CT molecular complexity index is 143.